The fourth-order valence-electron chi connectivity index (χ4n) is 2.64. The van der Waals surface area contributed by atoms with Crippen LogP contribution in [0.15, 0.2) is 18.2 Å². The van der Waals surface area contributed by atoms with E-state index in [1.807, 2.05) is 0 Å². The van der Waals surface area contributed by atoms with Crippen molar-refractivity contribution < 1.29 is 9.18 Å². The Morgan fingerprint density at radius 3 is 2.95 bits per heavy atom. The second kappa shape index (κ2) is 7.20. The number of benzene rings is 1. The van der Waals surface area contributed by atoms with E-state index in [0.29, 0.717) is 30.7 Å². The van der Waals surface area contributed by atoms with Crippen molar-refractivity contribution in [1.29, 1.82) is 0 Å². The molecule has 1 amide bonds. The normalized spacial score (nSPS) is 23.0. The largest absolute Gasteiger partial charge is 0.330 e. The number of piperidine rings is 1. The Hall–Kier alpha value is -1.17. The molecule has 1 fully saturated rings. The number of amides is 1. The Bertz CT molecular complexity index is 512. The minimum Gasteiger partial charge on any atom is -0.330 e. The molecule has 0 aromatic heterocycles. The summed E-state index contributed by atoms with van der Waals surface area (Å²) in [6, 6.07) is 4.29. The van der Waals surface area contributed by atoms with Crippen LogP contribution in [0.3, 0.4) is 0 Å². The average Bonchev–Trinajstić information content (AvgIpc) is 2.44. The maximum Gasteiger partial charge on any atom is 0.238 e. The maximum atomic E-state index is 13.0. The first-order chi connectivity index (χ1) is 9.99. The van der Waals surface area contributed by atoms with Crippen LogP contribution in [-0.4, -0.2) is 36.5 Å². The van der Waals surface area contributed by atoms with Gasteiger partial charge in [0.25, 0.3) is 0 Å². The topological polar surface area (TPSA) is 58.4 Å². The van der Waals surface area contributed by atoms with Crippen molar-refractivity contribution in [2.45, 2.75) is 25.8 Å². The molecule has 0 spiro atoms. The summed E-state index contributed by atoms with van der Waals surface area (Å²) in [5.41, 5.74) is 6.15. The Balaban J connectivity index is 1.94. The zero-order valence-electron chi connectivity index (χ0n) is 12.1. The highest BCUT2D eigenvalue weighted by Crippen LogP contribution is 2.23. The molecule has 2 rings (SSSR count). The molecule has 1 aromatic carbocycles. The molecule has 1 saturated heterocycles. The summed E-state index contributed by atoms with van der Waals surface area (Å²) in [5, 5.41) is 2.93. The molecule has 2 atom stereocenters. The molecule has 4 nitrogen and oxygen atoms in total. The third kappa shape index (κ3) is 4.40. The van der Waals surface area contributed by atoms with Gasteiger partial charge in [0.15, 0.2) is 0 Å². The van der Waals surface area contributed by atoms with Crippen LogP contribution in [0, 0.1) is 11.7 Å². The maximum absolute atomic E-state index is 13.0. The van der Waals surface area contributed by atoms with Crippen molar-refractivity contribution in [2.75, 3.05) is 25.0 Å². The van der Waals surface area contributed by atoms with Gasteiger partial charge in [-0.05, 0) is 50.4 Å². The average molecular weight is 314 g/mol. The highest BCUT2D eigenvalue weighted by molar-refractivity contribution is 6.33. The fourth-order valence-corrected chi connectivity index (χ4v) is 2.85. The molecule has 0 radical (unpaired) electrons. The van der Waals surface area contributed by atoms with Gasteiger partial charge in [0.2, 0.25) is 5.91 Å². The van der Waals surface area contributed by atoms with Gasteiger partial charge in [0, 0.05) is 12.6 Å². The summed E-state index contributed by atoms with van der Waals surface area (Å²) in [5.74, 6) is -0.120. The van der Waals surface area contributed by atoms with Crippen molar-refractivity contribution in [3.63, 3.8) is 0 Å². The van der Waals surface area contributed by atoms with E-state index in [-0.39, 0.29) is 10.9 Å². The van der Waals surface area contributed by atoms with Crippen molar-refractivity contribution >= 4 is 23.2 Å². The molecule has 0 saturated carbocycles. The number of rotatable bonds is 4. The second-order valence-corrected chi connectivity index (χ2v) is 6.04. The Morgan fingerprint density at radius 1 is 1.52 bits per heavy atom. The molecule has 1 aromatic rings. The molecule has 0 aliphatic carbocycles. The van der Waals surface area contributed by atoms with E-state index in [1.54, 1.807) is 0 Å². The number of halogens is 2. The summed E-state index contributed by atoms with van der Waals surface area (Å²) >= 11 is 5.91. The number of carbonyl (C=O) groups is 1. The Labute approximate surface area is 129 Å². The van der Waals surface area contributed by atoms with E-state index >= 15 is 0 Å². The Morgan fingerprint density at radius 2 is 2.29 bits per heavy atom. The molecular weight excluding hydrogens is 293 g/mol. The summed E-state index contributed by atoms with van der Waals surface area (Å²) in [6.45, 7) is 3.90. The van der Waals surface area contributed by atoms with Gasteiger partial charge in [-0.2, -0.15) is 0 Å². The first-order valence-corrected chi connectivity index (χ1v) is 7.56. The van der Waals surface area contributed by atoms with E-state index in [9.17, 15) is 9.18 Å². The van der Waals surface area contributed by atoms with Crippen molar-refractivity contribution in [3.05, 3.63) is 29.0 Å². The van der Waals surface area contributed by atoms with Crippen molar-refractivity contribution in [2.24, 2.45) is 11.7 Å². The van der Waals surface area contributed by atoms with Crippen LogP contribution in [0.5, 0.6) is 0 Å². The highest BCUT2D eigenvalue weighted by Gasteiger charge is 2.26. The number of hydrogen-bond donors (Lipinski definition) is 2. The lowest BCUT2D eigenvalue weighted by Crippen LogP contribution is -2.47. The number of nitrogens with one attached hydrogen (secondary N) is 1. The van der Waals surface area contributed by atoms with Gasteiger partial charge < -0.3 is 11.1 Å². The predicted octanol–water partition coefficient (Wildman–Crippen LogP) is 2.48. The molecule has 1 heterocycles. The molecule has 21 heavy (non-hydrogen) atoms. The lowest BCUT2D eigenvalue weighted by atomic mass is 9.93. The van der Waals surface area contributed by atoms with Gasteiger partial charge in [0.05, 0.1) is 17.3 Å². The fraction of sp³-hybridized carbons (Fsp3) is 0.533. The lowest BCUT2D eigenvalue weighted by molar-refractivity contribution is -0.118. The number of carbonyl (C=O) groups excluding carboxylic acids is 1. The lowest BCUT2D eigenvalue weighted by Gasteiger charge is -2.37. The minimum atomic E-state index is -0.423. The molecule has 116 valence electrons. The summed E-state index contributed by atoms with van der Waals surface area (Å²) in [6.07, 6.45) is 2.16. The smallest absolute Gasteiger partial charge is 0.238 e. The third-order valence-electron chi connectivity index (χ3n) is 3.99. The number of hydrogen-bond acceptors (Lipinski definition) is 3. The van der Waals surface area contributed by atoms with Gasteiger partial charge in [-0.1, -0.05) is 11.6 Å². The van der Waals surface area contributed by atoms with Crippen molar-refractivity contribution in [3.8, 4) is 0 Å². The van der Waals surface area contributed by atoms with E-state index in [0.717, 1.165) is 19.4 Å². The van der Waals surface area contributed by atoms with Crippen LogP contribution < -0.4 is 11.1 Å². The standard InChI is InChI=1S/C15H21ClFN3O/c1-10-2-3-11(7-18)8-20(10)9-15(21)19-14-5-4-12(17)6-13(14)16/h4-6,10-11H,2-3,7-9,18H2,1H3,(H,19,21). The van der Waals surface area contributed by atoms with Crippen LogP contribution in [0.4, 0.5) is 10.1 Å². The van der Waals surface area contributed by atoms with E-state index in [1.165, 1.54) is 18.2 Å². The Kier molecular flexibility index (Phi) is 5.56. The monoisotopic (exact) mass is 313 g/mol. The predicted molar refractivity (Wildman–Crippen MR) is 82.9 cm³/mol. The van der Waals surface area contributed by atoms with Crippen molar-refractivity contribution in [1.82, 2.24) is 4.90 Å². The molecule has 2 unspecified atom stereocenters. The van der Waals surface area contributed by atoms with E-state index in [2.05, 4.69) is 17.1 Å². The molecule has 0 bridgehead atoms. The molecule has 6 heteroatoms. The third-order valence-corrected chi connectivity index (χ3v) is 4.31. The van der Waals surface area contributed by atoms with E-state index in [4.69, 9.17) is 17.3 Å². The first-order valence-electron chi connectivity index (χ1n) is 7.18. The SMILES string of the molecule is CC1CCC(CN)CN1CC(=O)Nc1ccc(F)cc1Cl. The summed E-state index contributed by atoms with van der Waals surface area (Å²) in [4.78, 5) is 14.3. The summed E-state index contributed by atoms with van der Waals surface area (Å²) < 4.78 is 13.0. The minimum absolute atomic E-state index is 0.145. The molecule has 1 aliphatic heterocycles. The van der Waals surface area contributed by atoms with Gasteiger partial charge in [-0.25, -0.2) is 4.39 Å². The van der Waals surface area contributed by atoms with Crippen LogP contribution in [-0.2, 0) is 4.79 Å². The number of anilines is 1. The van der Waals surface area contributed by atoms with Crippen LogP contribution in [0.2, 0.25) is 5.02 Å². The van der Waals surface area contributed by atoms with Gasteiger partial charge >= 0.3 is 0 Å². The first kappa shape index (κ1) is 16.2. The summed E-state index contributed by atoms with van der Waals surface area (Å²) in [7, 11) is 0. The number of nitrogens with zero attached hydrogens (tertiary/aromatic N) is 1. The van der Waals surface area contributed by atoms with Gasteiger partial charge in [-0.15, -0.1) is 0 Å². The molecular formula is C15H21ClFN3O. The molecule has 1 aliphatic rings. The number of nitrogens with two attached hydrogens (primary N) is 1. The van der Waals surface area contributed by atoms with Crippen LogP contribution in [0.1, 0.15) is 19.8 Å². The van der Waals surface area contributed by atoms with Gasteiger partial charge in [0.1, 0.15) is 5.82 Å². The van der Waals surface area contributed by atoms with Gasteiger partial charge in [-0.3, -0.25) is 9.69 Å². The zero-order chi connectivity index (χ0) is 15.4. The zero-order valence-corrected chi connectivity index (χ0v) is 12.9. The van der Waals surface area contributed by atoms with Crippen LogP contribution in [0.25, 0.3) is 0 Å². The highest BCUT2D eigenvalue weighted by atomic mass is 35.5. The van der Waals surface area contributed by atoms with E-state index < -0.39 is 5.82 Å². The number of likely N-dealkylation sites (tertiary alicyclic amines) is 1. The second-order valence-electron chi connectivity index (χ2n) is 5.63. The quantitative estimate of drug-likeness (QED) is 0.898. The molecule has 3 N–H and O–H groups in total. The van der Waals surface area contributed by atoms with Crippen LogP contribution >= 0.6 is 11.6 Å².